The maximum Gasteiger partial charge on any atom is 0.263 e. The van der Waals surface area contributed by atoms with Gasteiger partial charge in [-0.2, -0.15) is 0 Å². The molecule has 206 valence electrons. The van der Waals surface area contributed by atoms with E-state index in [-0.39, 0.29) is 40.7 Å². The number of amides is 2. The second kappa shape index (κ2) is 14.8. The Morgan fingerprint density at radius 1 is 0.737 bits per heavy atom. The van der Waals surface area contributed by atoms with Crippen molar-refractivity contribution in [3.8, 4) is 17.2 Å². The summed E-state index contributed by atoms with van der Waals surface area (Å²) in [6, 6.07) is 9.47. The molecule has 11 heteroatoms. The van der Waals surface area contributed by atoms with E-state index in [1.807, 2.05) is 45.0 Å². The Balaban J connectivity index is 0.000000274. The molecule has 3 aromatic heterocycles. The van der Waals surface area contributed by atoms with Gasteiger partial charge in [0.05, 0.1) is 16.8 Å². The second-order valence-electron chi connectivity index (χ2n) is 7.74. The topological polar surface area (TPSA) is 125 Å². The molecule has 3 aliphatic rings. The quantitative estimate of drug-likeness (QED) is 0.392. The van der Waals surface area contributed by atoms with E-state index in [1.165, 1.54) is 11.8 Å². The van der Waals surface area contributed by atoms with Crippen molar-refractivity contribution in [2.75, 3.05) is 36.2 Å². The molecular formula is C27H37N5O5S. The van der Waals surface area contributed by atoms with E-state index in [9.17, 15) is 9.59 Å². The summed E-state index contributed by atoms with van der Waals surface area (Å²) in [6.45, 7) is 7.04. The summed E-state index contributed by atoms with van der Waals surface area (Å²) >= 11 is 1.53. The van der Waals surface area contributed by atoms with E-state index in [4.69, 9.17) is 14.2 Å². The van der Waals surface area contributed by atoms with Gasteiger partial charge in [-0.25, -0.2) is 9.97 Å². The first kappa shape index (κ1) is 32.2. The molecule has 38 heavy (non-hydrogen) atoms. The molecule has 2 N–H and O–H groups in total. The van der Waals surface area contributed by atoms with E-state index < -0.39 is 0 Å². The highest BCUT2D eigenvalue weighted by atomic mass is 32.2. The van der Waals surface area contributed by atoms with E-state index in [0.29, 0.717) is 36.4 Å². The Morgan fingerprint density at radius 3 is 2.11 bits per heavy atom. The number of pyridine rings is 3. The predicted octanol–water partition coefficient (Wildman–Crippen LogP) is 5.22. The van der Waals surface area contributed by atoms with E-state index >= 15 is 0 Å². The van der Waals surface area contributed by atoms with Gasteiger partial charge in [0.25, 0.3) is 5.91 Å². The molecule has 0 radical (unpaired) electrons. The molecule has 2 amide bonds. The summed E-state index contributed by atoms with van der Waals surface area (Å²) in [5, 5.41) is 5.36. The van der Waals surface area contributed by atoms with Gasteiger partial charge in [-0.1, -0.05) is 22.3 Å². The van der Waals surface area contributed by atoms with Crippen LogP contribution >= 0.6 is 11.8 Å². The zero-order chi connectivity index (χ0) is 24.8. The molecule has 3 aromatic rings. The van der Waals surface area contributed by atoms with Crippen LogP contribution in [0, 0.1) is 20.8 Å². The van der Waals surface area contributed by atoms with Crippen LogP contribution in [0.1, 0.15) is 39.4 Å². The maximum absolute atomic E-state index is 11.0. The molecule has 0 aromatic carbocycles. The third kappa shape index (κ3) is 8.62. The summed E-state index contributed by atoms with van der Waals surface area (Å²) in [5.41, 5.74) is 2.74. The smallest absolute Gasteiger partial charge is 0.263 e. The van der Waals surface area contributed by atoms with Crippen molar-refractivity contribution >= 4 is 35.2 Å². The normalized spacial score (nSPS) is 13.7. The Kier molecular flexibility index (Phi) is 12.5. The molecule has 0 spiro atoms. The first-order valence-corrected chi connectivity index (χ1v) is 11.9. The summed E-state index contributed by atoms with van der Waals surface area (Å²) in [7, 11) is 0. The lowest BCUT2D eigenvalue weighted by Gasteiger charge is -2.17. The number of hydrogen-bond acceptors (Lipinski definition) is 9. The van der Waals surface area contributed by atoms with Gasteiger partial charge >= 0.3 is 0 Å². The maximum atomic E-state index is 11.0. The SMILES string of the molecule is C.C.C.Cc1cc2c(cn1)OCCO2.Cc1ccc2c(n1)NC(=O)CO2.Cc1ccc2c(n1)NC(=O)CS2. The third-order valence-electron chi connectivity index (χ3n) is 4.79. The highest BCUT2D eigenvalue weighted by Gasteiger charge is 2.17. The third-order valence-corrected chi connectivity index (χ3v) is 5.84. The van der Waals surface area contributed by atoms with Gasteiger partial charge in [0, 0.05) is 23.1 Å². The first-order valence-electron chi connectivity index (χ1n) is 10.9. The highest BCUT2D eigenvalue weighted by Crippen LogP contribution is 2.30. The predicted molar refractivity (Wildman–Crippen MR) is 152 cm³/mol. The molecule has 0 saturated carbocycles. The molecule has 0 saturated heterocycles. The number of thioether (sulfide) groups is 1. The Bertz CT molecular complexity index is 1190. The zero-order valence-electron chi connectivity index (χ0n) is 19.6. The number of hydrogen-bond donors (Lipinski definition) is 2. The van der Waals surface area contributed by atoms with Gasteiger partial charge in [0.15, 0.2) is 29.7 Å². The number of aryl methyl sites for hydroxylation is 3. The number of carbonyl (C=O) groups excluding carboxylic acids is 2. The van der Waals surface area contributed by atoms with Crippen molar-refractivity contribution in [3.63, 3.8) is 0 Å². The van der Waals surface area contributed by atoms with Crippen molar-refractivity contribution < 1.29 is 23.8 Å². The van der Waals surface area contributed by atoms with Crippen LogP contribution in [-0.2, 0) is 9.59 Å². The van der Waals surface area contributed by atoms with E-state index in [2.05, 4.69) is 25.6 Å². The fourth-order valence-electron chi connectivity index (χ4n) is 3.17. The summed E-state index contributed by atoms with van der Waals surface area (Å²) in [5.74, 6) is 3.80. The summed E-state index contributed by atoms with van der Waals surface area (Å²) in [6.07, 6.45) is 1.70. The van der Waals surface area contributed by atoms with Gasteiger partial charge in [-0.15, -0.1) is 11.8 Å². The van der Waals surface area contributed by atoms with Crippen molar-refractivity contribution in [2.24, 2.45) is 0 Å². The van der Waals surface area contributed by atoms with E-state index in [0.717, 1.165) is 33.5 Å². The number of nitrogens with zero attached hydrogens (tertiary/aromatic N) is 3. The van der Waals surface area contributed by atoms with Crippen molar-refractivity contribution in [2.45, 2.75) is 47.9 Å². The van der Waals surface area contributed by atoms with Crippen molar-refractivity contribution in [1.29, 1.82) is 0 Å². The zero-order valence-corrected chi connectivity index (χ0v) is 20.4. The van der Waals surface area contributed by atoms with Gasteiger partial charge in [0.1, 0.15) is 19.0 Å². The van der Waals surface area contributed by atoms with Crippen LogP contribution in [0.4, 0.5) is 11.6 Å². The van der Waals surface area contributed by atoms with Crippen LogP contribution < -0.4 is 24.8 Å². The lowest BCUT2D eigenvalue weighted by atomic mass is 10.3. The molecule has 0 fully saturated rings. The van der Waals surface area contributed by atoms with Gasteiger partial charge in [-0.05, 0) is 45.0 Å². The van der Waals surface area contributed by atoms with Crippen LogP contribution in [0.5, 0.6) is 17.2 Å². The molecule has 6 heterocycles. The largest absolute Gasteiger partial charge is 0.486 e. The molecule has 0 aliphatic carbocycles. The fraction of sp³-hybridized carbons (Fsp3) is 0.370. The Morgan fingerprint density at radius 2 is 1.37 bits per heavy atom. The van der Waals surface area contributed by atoms with Gasteiger partial charge in [-0.3, -0.25) is 14.6 Å². The number of rotatable bonds is 0. The van der Waals surface area contributed by atoms with Crippen LogP contribution in [0.3, 0.4) is 0 Å². The van der Waals surface area contributed by atoms with Crippen LogP contribution in [0.15, 0.2) is 41.4 Å². The number of anilines is 2. The average Bonchev–Trinajstić information content (AvgIpc) is 2.84. The van der Waals surface area contributed by atoms with Gasteiger partial charge < -0.3 is 24.8 Å². The Labute approximate surface area is 228 Å². The molecule has 3 aliphatic heterocycles. The number of aromatic nitrogens is 3. The number of nitrogens with one attached hydrogen (secondary N) is 2. The number of fused-ring (bicyclic) bond motifs is 3. The monoisotopic (exact) mass is 543 g/mol. The standard InChI is InChI=1S/C8H8N2O2.C8H8N2OS.C8H9NO2.3CH4/c2*1-5-2-3-6-8(9-5)10-7(11)4-12-6;1-6-4-7-8(5-9-6)11-3-2-10-7;;;/h2*2-3H,4H2,1H3,(H,9,10,11);4-5H,2-3H2,1H3;3*1H4. The second-order valence-corrected chi connectivity index (χ2v) is 8.76. The minimum atomic E-state index is -0.152. The minimum absolute atomic E-state index is 0. The van der Waals surface area contributed by atoms with Crippen molar-refractivity contribution in [3.05, 3.63) is 53.6 Å². The average molecular weight is 544 g/mol. The Hall–Kier alpha value is -3.86. The van der Waals surface area contributed by atoms with Crippen molar-refractivity contribution in [1.82, 2.24) is 15.0 Å². The molecular weight excluding hydrogens is 506 g/mol. The lowest BCUT2D eigenvalue weighted by Crippen LogP contribution is -2.26. The number of ether oxygens (including phenoxy) is 3. The van der Waals surface area contributed by atoms with Gasteiger partial charge in [0.2, 0.25) is 5.91 Å². The number of carbonyl (C=O) groups is 2. The molecule has 0 unspecified atom stereocenters. The van der Waals surface area contributed by atoms with E-state index in [1.54, 1.807) is 12.3 Å². The van der Waals surface area contributed by atoms with Crippen LogP contribution in [0.25, 0.3) is 0 Å². The van der Waals surface area contributed by atoms with Crippen LogP contribution in [0.2, 0.25) is 0 Å². The summed E-state index contributed by atoms with van der Waals surface area (Å²) < 4.78 is 15.7. The molecule has 6 rings (SSSR count). The lowest BCUT2D eigenvalue weighted by molar-refractivity contribution is -0.118. The summed E-state index contributed by atoms with van der Waals surface area (Å²) in [4.78, 5) is 35.3. The minimum Gasteiger partial charge on any atom is -0.486 e. The fourth-order valence-corrected chi connectivity index (χ4v) is 3.93. The molecule has 0 atom stereocenters. The molecule has 10 nitrogen and oxygen atoms in total. The first-order chi connectivity index (χ1) is 16.9. The van der Waals surface area contributed by atoms with Crippen LogP contribution in [-0.4, -0.2) is 52.3 Å². The highest BCUT2D eigenvalue weighted by molar-refractivity contribution is 8.00. The molecule has 0 bridgehead atoms.